The molecule has 27 heavy (non-hydrogen) atoms. The summed E-state index contributed by atoms with van der Waals surface area (Å²) >= 11 is 5.92. The first kappa shape index (κ1) is 19.5. The molecular formula is C18H21ClN4O3Si. The Morgan fingerprint density at radius 2 is 2.07 bits per heavy atom. The van der Waals surface area contributed by atoms with Crippen molar-refractivity contribution in [2.45, 2.75) is 32.4 Å². The van der Waals surface area contributed by atoms with E-state index in [4.69, 9.17) is 16.3 Å². The summed E-state index contributed by atoms with van der Waals surface area (Å²) in [7, 11) is -1.21. The molecule has 3 rings (SSSR count). The SMILES string of the molecule is C[Si](C)(C)CCOCn1cc(-c2ccnc(Cl)n2)c2cccc([N+](=O)[O-])c21. The molecule has 0 unspecified atom stereocenters. The van der Waals surface area contributed by atoms with Crippen molar-refractivity contribution >= 4 is 36.3 Å². The van der Waals surface area contributed by atoms with Gasteiger partial charge >= 0.3 is 0 Å². The van der Waals surface area contributed by atoms with E-state index in [1.165, 1.54) is 6.07 Å². The van der Waals surface area contributed by atoms with Gasteiger partial charge in [-0.2, -0.15) is 0 Å². The van der Waals surface area contributed by atoms with Crippen LogP contribution in [0.4, 0.5) is 5.69 Å². The van der Waals surface area contributed by atoms with E-state index in [1.54, 1.807) is 22.9 Å². The van der Waals surface area contributed by atoms with E-state index in [0.717, 1.165) is 17.0 Å². The molecule has 2 heterocycles. The minimum Gasteiger partial charge on any atom is -0.361 e. The predicted molar refractivity (Wildman–Crippen MR) is 109 cm³/mol. The van der Waals surface area contributed by atoms with Crippen LogP contribution in [0.2, 0.25) is 31.0 Å². The fourth-order valence-corrected chi connectivity index (χ4v) is 3.72. The van der Waals surface area contributed by atoms with E-state index >= 15 is 0 Å². The average molecular weight is 405 g/mol. The molecule has 0 N–H and O–H groups in total. The summed E-state index contributed by atoms with van der Waals surface area (Å²) in [5.74, 6) is 0. The van der Waals surface area contributed by atoms with Crippen LogP contribution < -0.4 is 0 Å². The Morgan fingerprint density at radius 1 is 1.30 bits per heavy atom. The summed E-state index contributed by atoms with van der Waals surface area (Å²) in [6.07, 6.45) is 3.39. The van der Waals surface area contributed by atoms with Gasteiger partial charge < -0.3 is 9.30 Å². The van der Waals surface area contributed by atoms with Gasteiger partial charge in [0.2, 0.25) is 5.28 Å². The number of nitro groups is 1. The van der Waals surface area contributed by atoms with Crippen LogP contribution in [0.25, 0.3) is 22.2 Å². The van der Waals surface area contributed by atoms with Crippen LogP contribution in [-0.4, -0.2) is 34.1 Å². The lowest BCUT2D eigenvalue weighted by Crippen LogP contribution is -2.22. The fraction of sp³-hybridized carbons (Fsp3) is 0.333. The number of rotatable bonds is 7. The number of halogens is 1. The van der Waals surface area contributed by atoms with Crippen molar-refractivity contribution < 1.29 is 9.66 Å². The third kappa shape index (κ3) is 4.52. The highest BCUT2D eigenvalue weighted by Crippen LogP contribution is 2.35. The lowest BCUT2D eigenvalue weighted by molar-refractivity contribution is -0.383. The molecule has 0 fully saturated rings. The van der Waals surface area contributed by atoms with Crippen LogP contribution in [-0.2, 0) is 11.5 Å². The molecule has 2 aromatic heterocycles. The highest BCUT2D eigenvalue weighted by molar-refractivity contribution is 6.76. The second-order valence-electron chi connectivity index (χ2n) is 7.50. The molecule has 0 amide bonds. The summed E-state index contributed by atoms with van der Waals surface area (Å²) in [4.78, 5) is 19.3. The van der Waals surface area contributed by atoms with Crippen molar-refractivity contribution in [2.24, 2.45) is 0 Å². The van der Waals surface area contributed by atoms with Gasteiger partial charge in [-0.1, -0.05) is 31.8 Å². The number of nitro benzene ring substituents is 1. The Hall–Kier alpha value is -2.29. The van der Waals surface area contributed by atoms with Gasteiger partial charge in [0.15, 0.2) is 0 Å². The van der Waals surface area contributed by atoms with Gasteiger partial charge in [0.25, 0.3) is 5.69 Å². The number of fused-ring (bicyclic) bond motifs is 1. The van der Waals surface area contributed by atoms with E-state index < -0.39 is 8.07 Å². The maximum Gasteiger partial charge on any atom is 0.293 e. The van der Waals surface area contributed by atoms with Crippen molar-refractivity contribution in [2.75, 3.05) is 6.61 Å². The number of nitrogens with zero attached hydrogens (tertiary/aromatic N) is 4. The van der Waals surface area contributed by atoms with Gasteiger partial charge in [-0.3, -0.25) is 10.1 Å². The summed E-state index contributed by atoms with van der Waals surface area (Å²) in [6.45, 7) is 7.71. The van der Waals surface area contributed by atoms with Crippen LogP contribution >= 0.6 is 11.6 Å². The molecule has 0 saturated heterocycles. The van der Waals surface area contributed by atoms with Gasteiger partial charge in [0, 0.05) is 44.1 Å². The van der Waals surface area contributed by atoms with E-state index in [1.807, 2.05) is 12.3 Å². The molecule has 1 aromatic carbocycles. The first-order valence-electron chi connectivity index (χ1n) is 8.59. The van der Waals surface area contributed by atoms with Crippen LogP contribution in [0.1, 0.15) is 0 Å². The van der Waals surface area contributed by atoms with Gasteiger partial charge in [-0.05, 0) is 23.7 Å². The van der Waals surface area contributed by atoms with Crippen LogP contribution in [0.15, 0.2) is 36.7 Å². The maximum absolute atomic E-state index is 11.5. The second-order valence-corrected chi connectivity index (χ2v) is 13.5. The molecule has 0 atom stereocenters. The molecular weight excluding hydrogens is 384 g/mol. The number of aromatic nitrogens is 3. The number of para-hydroxylation sites is 1. The highest BCUT2D eigenvalue weighted by atomic mass is 35.5. The van der Waals surface area contributed by atoms with Gasteiger partial charge in [-0.15, -0.1) is 0 Å². The predicted octanol–water partition coefficient (Wildman–Crippen LogP) is 4.97. The standard InChI is InChI=1S/C18H21ClN4O3Si/c1-27(2,3)10-9-26-12-22-11-14(15-7-8-20-18(19)21-15)13-5-4-6-16(17(13)22)23(24)25/h4-8,11H,9-10,12H2,1-3H3. The van der Waals surface area contributed by atoms with Gasteiger partial charge in [0.1, 0.15) is 12.2 Å². The zero-order valence-corrected chi connectivity index (χ0v) is 17.2. The van der Waals surface area contributed by atoms with E-state index in [0.29, 0.717) is 17.8 Å². The van der Waals surface area contributed by atoms with Crippen LogP contribution in [0, 0.1) is 10.1 Å². The number of hydrogen-bond acceptors (Lipinski definition) is 5. The summed E-state index contributed by atoms with van der Waals surface area (Å²) < 4.78 is 7.59. The lowest BCUT2D eigenvalue weighted by Gasteiger charge is -2.15. The molecule has 0 aliphatic rings. The monoisotopic (exact) mass is 404 g/mol. The van der Waals surface area contributed by atoms with Crippen LogP contribution in [0.5, 0.6) is 0 Å². The third-order valence-corrected chi connectivity index (χ3v) is 6.09. The number of non-ortho nitro benzene ring substituents is 1. The lowest BCUT2D eigenvalue weighted by atomic mass is 10.1. The average Bonchev–Trinajstić information content (AvgIpc) is 2.96. The third-order valence-electron chi connectivity index (χ3n) is 4.20. The quantitative estimate of drug-likeness (QED) is 0.182. The van der Waals surface area contributed by atoms with Crippen molar-refractivity contribution in [3.8, 4) is 11.3 Å². The zero-order valence-electron chi connectivity index (χ0n) is 15.5. The highest BCUT2D eigenvalue weighted by Gasteiger charge is 2.21. The molecule has 0 saturated carbocycles. The minimum absolute atomic E-state index is 0.0349. The maximum atomic E-state index is 11.5. The molecule has 0 radical (unpaired) electrons. The number of hydrogen-bond donors (Lipinski definition) is 0. The molecule has 0 bridgehead atoms. The first-order valence-corrected chi connectivity index (χ1v) is 12.7. The van der Waals surface area contributed by atoms with E-state index in [2.05, 4.69) is 29.6 Å². The Morgan fingerprint density at radius 3 is 2.74 bits per heavy atom. The Bertz CT molecular complexity index is 984. The molecule has 9 heteroatoms. The van der Waals surface area contributed by atoms with E-state index in [-0.39, 0.29) is 22.6 Å². The fourth-order valence-electron chi connectivity index (χ4n) is 2.82. The largest absolute Gasteiger partial charge is 0.361 e. The van der Waals surface area contributed by atoms with Gasteiger partial charge in [-0.25, -0.2) is 9.97 Å². The zero-order chi connectivity index (χ0) is 19.6. The van der Waals surface area contributed by atoms with Crippen LogP contribution in [0.3, 0.4) is 0 Å². The van der Waals surface area contributed by atoms with Crippen molar-refractivity contribution in [1.29, 1.82) is 0 Å². The molecule has 3 aromatic rings. The van der Waals surface area contributed by atoms with Crippen molar-refractivity contribution in [3.63, 3.8) is 0 Å². The summed E-state index contributed by atoms with van der Waals surface area (Å²) in [6, 6.07) is 7.77. The molecule has 0 aliphatic heterocycles. The summed E-state index contributed by atoms with van der Waals surface area (Å²) in [5, 5.41) is 12.4. The number of benzene rings is 1. The normalized spacial score (nSPS) is 11.9. The number of ether oxygens (including phenoxy) is 1. The van der Waals surface area contributed by atoms with Crippen molar-refractivity contribution in [1.82, 2.24) is 14.5 Å². The Labute approximate surface area is 163 Å². The first-order chi connectivity index (χ1) is 12.8. The molecule has 142 valence electrons. The Balaban J connectivity index is 2.02. The molecule has 0 aliphatic carbocycles. The molecule has 0 spiro atoms. The molecule has 7 nitrogen and oxygen atoms in total. The Kier molecular flexibility index (Phi) is 5.59. The van der Waals surface area contributed by atoms with Gasteiger partial charge in [0.05, 0.1) is 10.6 Å². The summed E-state index contributed by atoms with van der Waals surface area (Å²) in [5.41, 5.74) is 1.92. The van der Waals surface area contributed by atoms with E-state index in [9.17, 15) is 10.1 Å². The second kappa shape index (κ2) is 7.75. The smallest absolute Gasteiger partial charge is 0.293 e. The van der Waals surface area contributed by atoms with Crippen molar-refractivity contribution in [3.05, 3.63) is 52.1 Å². The minimum atomic E-state index is -1.21. The topological polar surface area (TPSA) is 83.1 Å².